The number of anilines is 1. The number of aliphatic imine (C=N–C) groups is 1. The molecule has 0 aliphatic carbocycles. The molecule has 0 unspecified atom stereocenters. The summed E-state index contributed by atoms with van der Waals surface area (Å²) in [7, 11) is 2.88. The van der Waals surface area contributed by atoms with E-state index in [0.717, 1.165) is 4.57 Å². The van der Waals surface area contributed by atoms with Crippen molar-refractivity contribution in [1.29, 1.82) is 0 Å². The second-order valence-electron chi connectivity index (χ2n) is 4.24. The fourth-order valence-corrected chi connectivity index (χ4v) is 1.89. The van der Waals surface area contributed by atoms with Crippen LogP contribution in [0.3, 0.4) is 0 Å². The van der Waals surface area contributed by atoms with Gasteiger partial charge in [0.25, 0.3) is 5.56 Å². The van der Waals surface area contributed by atoms with Gasteiger partial charge in [0.15, 0.2) is 0 Å². The molecule has 104 valence electrons. The Bertz CT molecular complexity index is 805. The minimum atomic E-state index is -0.489. The van der Waals surface area contributed by atoms with E-state index in [-0.39, 0.29) is 11.4 Å². The molecule has 0 aliphatic rings. The van der Waals surface area contributed by atoms with Crippen LogP contribution in [0.2, 0.25) is 5.02 Å². The summed E-state index contributed by atoms with van der Waals surface area (Å²) in [6.45, 7) is 0. The summed E-state index contributed by atoms with van der Waals surface area (Å²) in [6.07, 6.45) is 1.34. The van der Waals surface area contributed by atoms with E-state index in [1.807, 2.05) is 0 Å². The van der Waals surface area contributed by atoms with Gasteiger partial charge in [-0.15, -0.1) is 0 Å². The second kappa shape index (κ2) is 5.34. The highest BCUT2D eigenvalue weighted by Gasteiger charge is 2.10. The third kappa shape index (κ3) is 2.50. The number of halogens is 1. The largest absolute Gasteiger partial charge is 0.384 e. The van der Waals surface area contributed by atoms with Gasteiger partial charge in [-0.05, 0) is 18.2 Å². The Morgan fingerprint density at radius 3 is 2.60 bits per heavy atom. The summed E-state index contributed by atoms with van der Waals surface area (Å²) in [5, 5.41) is 0.543. The molecule has 0 saturated heterocycles. The molecule has 1 heterocycles. The van der Waals surface area contributed by atoms with Gasteiger partial charge >= 0.3 is 5.69 Å². The molecule has 0 fully saturated rings. The van der Waals surface area contributed by atoms with Gasteiger partial charge in [-0.1, -0.05) is 17.7 Å². The van der Waals surface area contributed by atoms with Gasteiger partial charge in [0, 0.05) is 25.3 Å². The molecule has 6 nitrogen and oxygen atoms in total. The van der Waals surface area contributed by atoms with Gasteiger partial charge < -0.3 is 5.73 Å². The Morgan fingerprint density at radius 2 is 1.95 bits per heavy atom. The van der Waals surface area contributed by atoms with Gasteiger partial charge in [0.2, 0.25) is 0 Å². The lowest BCUT2D eigenvalue weighted by Crippen LogP contribution is -2.40. The van der Waals surface area contributed by atoms with Gasteiger partial charge in [0.1, 0.15) is 5.82 Å². The first-order valence-corrected chi connectivity index (χ1v) is 6.14. The normalized spacial score (nSPS) is 11.2. The Morgan fingerprint density at radius 1 is 1.25 bits per heavy atom. The molecule has 2 aromatic rings. The third-order valence-electron chi connectivity index (χ3n) is 2.90. The highest BCUT2D eigenvalue weighted by molar-refractivity contribution is 6.30. The average molecular weight is 293 g/mol. The highest BCUT2D eigenvalue weighted by Crippen LogP contribution is 2.17. The van der Waals surface area contributed by atoms with Crippen LogP contribution in [-0.4, -0.2) is 15.3 Å². The van der Waals surface area contributed by atoms with Crippen molar-refractivity contribution in [3.8, 4) is 0 Å². The van der Waals surface area contributed by atoms with Gasteiger partial charge in [0.05, 0.1) is 11.3 Å². The molecule has 1 aromatic heterocycles. The van der Waals surface area contributed by atoms with E-state index < -0.39 is 11.2 Å². The number of benzene rings is 1. The van der Waals surface area contributed by atoms with Crippen molar-refractivity contribution in [3.05, 3.63) is 55.7 Å². The van der Waals surface area contributed by atoms with Gasteiger partial charge in [-0.25, -0.2) is 4.79 Å². The minimum Gasteiger partial charge on any atom is -0.384 e. The lowest BCUT2D eigenvalue weighted by molar-refractivity contribution is 0.692. The number of rotatable bonds is 2. The zero-order valence-corrected chi connectivity index (χ0v) is 11.8. The van der Waals surface area contributed by atoms with E-state index in [2.05, 4.69) is 4.99 Å². The van der Waals surface area contributed by atoms with Crippen LogP contribution in [0.25, 0.3) is 0 Å². The molecule has 0 radical (unpaired) electrons. The van der Waals surface area contributed by atoms with Crippen molar-refractivity contribution in [1.82, 2.24) is 9.13 Å². The zero-order chi connectivity index (χ0) is 14.9. The Balaban J connectivity index is 2.55. The van der Waals surface area contributed by atoms with Crippen LogP contribution in [-0.2, 0) is 14.1 Å². The van der Waals surface area contributed by atoms with E-state index in [4.69, 9.17) is 17.3 Å². The quantitative estimate of drug-likeness (QED) is 0.841. The SMILES string of the molecule is Cn1c(N)c(C=Nc2cccc(Cl)c2)c(=O)n(C)c1=O. The molecule has 0 atom stereocenters. The first-order chi connectivity index (χ1) is 9.41. The van der Waals surface area contributed by atoms with Gasteiger partial charge in [-0.2, -0.15) is 0 Å². The summed E-state index contributed by atoms with van der Waals surface area (Å²) in [4.78, 5) is 27.8. The molecule has 0 saturated carbocycles. The van der Waals surface area contributed by atoms with E-state index in [9.17, 15) is 9.59 Å². The molecular weight excluding hydrogens is 280 g/mol. The van der Waals surface area contributed by atoms with Crippen LogP contribution in [0.15, 0.2) is 38.8 Å². The first kappa shape index (κ1) is 14.1. The number of aromatic nitrogens is 2. The van der Waals surface area contributed by atoms with Crippen molar-refractivity contribution in [2.24, 2.45) is 19.1 Å². The summed E-state index contributed by atoms with van der Waals surface area (Å²) in [5.41, 5.74) is 5.56. The first-order valence-electron chi connectivity index (χ1n) is 5.77. The lowest BCUT2D eigenvalue weighted by atomic mass is 10.3. The fourth-order valence-electron chi connectivity index (χ4n) is 1.70. The molecule has 0 bridgehead atoms. The average Bonchev–Trinajstić information content (AvgIpc) is 2.43. The van der Waals surface area contributed by atoms with E-state index >= 15 is 0 Å². The standard InChI is InChI=1S/C13H13ClN4O2/c1-17-11(15)10(12(19)18(2)13(17)20)7-16-9-5-3-4-8(14)6-9/h3-7H,15H2,1-2H3. The number of hydrogen-bond acceptors (Lipinski definition) is 4. The summed E-state index contributed by atoms with van der Waals surface area (Å²) in [6, 6.07) is 6.86. The molecule has 0 amide bonds. The number of hydrogen-bond donors (Lipinski definition) is 1. The predicted octanol–water partition coefficient (Wildman–Crippen LogP) is 1.07. The van der Waals surface area contributed by atoms with Crippen molar-refractivity contribution in [2.45, 2.75) is 0 Å². The van der Waals surface area contributed by atoms with Crippen LogP contribution in [0.4, 0.5) is 11.5 Å². The Kier molecular flexibility index (Phi) is 3.76. The lowest BCUT2D eigenvalue weighted by Gasteiger charge is -2.08. The maximum absolute atomic E-state index is 12.0. The maximum Gasteiger partial charge on any atom is 0.332 e. The van der Waals surface area contributed by atoms with E-state index in [0.29, 0.717) is 10.7 Å². The van der Waals surface area contributed by atoms with Gasteiger partial charge in [-0.3, -0.25) is 18.9 Å². The van der Waals surface area contributed by atoms with E-state index in [1.165, 1.54) is 24.9 Å². The van der Waals surface area contributed by atoms with Crippen LogP contribution in [0, 0.1) is 0 Å². The zero-order valence-electron chi connectivity index (χ0n) is 11.0. The highest BCUT2D eigenvalue weighted by atomic mass is 35.5. The number of nitrogens with two attached hydrogens (primary N) is 1. The molecule has 2 N–H and O–H groups in total. The van der Waals surface area contributed by atoms with Crippen LogP contribution < -0.4 is 17.0 Å². The third-order valence-corrected chi connectivity index (χ3v) is 3.13. The minimum absolute atomic E-state index is 0.0730. The van der Waals surface area contributed by atoms with Crippen LogP contribution in [0.1, 0.15) is 5.56 Å². The smallest absolute Gasteiger partial charge is 0.332 e. The molecule has 20 heavy (non-hydrogen) atoms. The second-order valence-corrected chi connectivity index (χ2v) is 4.68. The van der Waals surface area contributed by atoms with Crippen molar-refractivity contribution in [2.75, 3.05) is 5.73 Å². The molecule has 7 heteroatoms. The molecule has 2 rings (SSSR count). The molecule has 1 aromatic carbocycles. The molecular formula is C13H13ClN4O2. The van der Waals surface area contributed by atoms with Crippen LogP contribution >= 0.6 is 11.6 Å². The predicted molar refractivity (Wildman–Crippen MR) is 80.0 cm³/mol. The Labute approximate surface area is 119 Å². The number of nitrogens with zero attached hydrogens (tertiary/aromatic N) is 3. The Hall–Kier alpha value is -2.34. The van der Waals surface area contributed by atoms with Crippen molar-refractivity contribution in [3.63, 3.8) is 0 Å². The van der Waals surface area contributed by atoms with Crippen molar-refractivity contribution >= 4 is 29.3 Å². The topological polar surface area (TPSA) is 82.4 Å². The van der Waals surface area contributed by atoms with E-state index in [1.54, 1.807) is 24.3 Å². The number of nitrogen functional groups attached to an aromatic ring is 1. The molecule has 0 aliphatic heterocycles. The summed E-state index contributed by atoms with van der Waals surface area (Å²) >= 11 is 5.85. The maximum atomic E-state index is 12.0. The summed E-state index contributed by atoms with van der Waals surface area (Å²) in [5.74, 6) is 0.0730. The van der Waals surface area contributed by atoms with Crippen LogP contribution in [0.5, 0.6) is 0 Å². The monoisotopic (exact) mass is 292 g/mol. The fraction of sp³-hybridized carbons (Fsp3) is 0.154. The summed E-state index contributed by atoms with van der Waals surface area (Å²) < 4.78 is 2.18. The molecule has 0 spiro atoms. The van der Waals surface area contributed by atoms with Crippen molar-refractivity contribution < 1.29 is 0 Å².